The van der Waals surface area contributed by atoms with E-state index >= 15 is 0 Å². The van der Waals surface area contributed by atoms with Crippen molar-refractivity contribution >= 4 is 23.5 Å². The number of rotatable bonds is 13. The Bertz CT molecular complexity index is 1130. The van der Waals surface area contributed by atoms with Gasteiger partial charge in [-0.05, 0) is 48.6 Å². The summed E-state index contributed by atoms with van der Waals surface area (Å²) in [5.74, 6) is -1.28. The SMILES string of the molecule is CCCCCCOC(=O)[C@H](N)C[C@@H](Cc1ccc(-c2cc(Cl)ccc2F)cc1)NC(=O)c1cnn[nH]1. The highest BCUT2D eigenvalue weighted by Gasteiger charge is 2.23. The lowest BCUT2D eigenvalue weighted by Crippen LogP contribution is -2.44. The zero-order chi connectivity index (χ0) is 25.9. The smallest absolute Gasteiger partial charge is 0.322 e. The molecule has 0 spiro atoms. The summed E-state index contributed by atoms with van der Waals surface area (Å²) in [7, 11) is 0. The number of nitrogens with zero attached hydrogens (tertiary/aromatic N) is 2. The molecule has 3 rings (SSSR count). The number of hydrogen-bond donors (Lipinski definition) is 3. The molecule has 192 valence electrons. The van der Waals surface area contributed by atoms with Crippen LogP contribution in [0.2, 0.25) is 5.02 Å². The van der Waals surface area contributed by atoms with Gasteiger partial charge in [-0.2, -0.15) is 0 Å². The number of ether oxygens (including phenoxy) is 1. The minimum Gasteiger partial charge on any atom is -0.465 e. The standard InChI is InChI=1S/C26H31ClFN5O3/c1-2-3-4-5-12-36-26(35)23(29)15-20(31-25(34)24-16-30-33-32-24)13-17-6-8-18(9-7-17)21-14-19(27)10-11-22(21)28/h6-11,14,16,20,23H,2-5,12-13,15,29H2,1H3,(H,31,34)(H,30,32,33)/t20-,23-/m1/s1. The molecule has 36 heavy (non-hydrogen) atoms. The quantitative estimate of drug-likeness (QED) is 0.228. The first-order valence-electron chi connectivity index (χ1n) is 12.0. The molecule has 2 aromatic carbocycles. The van der Waals surface area contributed by atoms with Crippen molar-refractivity contribution in [3.8, 4) is 11.1 Å². The summed E-state index contributed by atoms with van der Waals surface area (Å²) < 4.78 is 19.6. The summed E-state index contributed by atoms with van der Waals surface area (Å²) in [4.78, 5) is 25.0. The molecule has 0 bridgehead atoms. The Labute approximate surface area is 214 Å². The molecule has 0 radical (unpaired) electrons. The molecule has 0 aliphatic heterocycles. The number of benzene rings is 2. The highest BCUT2D eigenvalue weighted by atomic mass is 35.5. The predicted octanol–water partition coefficient (Wildman–Crippen LogP) is 4.45. The van der Waals surface area contributed by atoms with Gasteiger partial charge >= 0.3 is 5.97 Å². The number of aromatic nitrogens is 3. The molecule has 1 heterocycles. The number of aromatic amines is 1. The van der Waals surface area contributed by atoms with Crippen LogP contribution in [0.5, 0.6) is 0 Å². The maximum atomic E-state index is 14.2. The Balaban J connectivity index is 1.67. The third-order valence-electron chi connectivity index (χ3n) is 5.75. The van der Waals surface area contributed by atoms with E-state index in [1.165, 1.54) is 18.3 Å². The van der Waals surface area contributed by atoms with Crippen LogP contribution in [-0.2, 0) is 16.0 Å². The Morgan fingerprint density at radius 1 is 1.17 bits per heavy atom. The van der Waals surface area contributed by atoms with Gasteiger partial charge in [-0.1, -0.05) is 67.3 Å². The van der Waals surface area contributed by atoms with Gasteiger partial charge in [-0.3, -0.25) is 14.7 Å². The summed E-state index contributed by atoms with van der Waals surface area (Å²) in [6.07, 6.45) is 5.84. The second-order valence-corrected chi connectivity index (χ2v) is 9.07. The van der Waals surface area contributed by atoms with E-state index in [1.807, 2.05) is 12.1 Å². The molecule has 1 aromatic heterocycles. The van der Waals surface area contributed by atoms with Crippen LogP contribution >= 0.6 is 11.6 Å². The fraction of sp³-hybridized carbons (Fsp3) is 0.385. The van der Waals surface area contributed by atoms with Crippen molar-refractivity contribution in [2.24, 2.45) is 5.73 Å². The van der Waals surface area contributed by atoms with E-state index in [4.69, 9.17) is 22.1 Å². The third-order valence-corrected chi connectivity index (χ3v) is 5.99. The number of carbonyl (C=O) groups excluding carboxylic acids is 2. The molecule has 0 fully saturated rings. The summed E-state index contributed by atoms with van der Waals surface area (Å²) in [5, 5.41) is 13.0. The molecule has 10 heteroatoms. The largest absolute Gasteiger partial charge is 0.465 e. The number of hydrogen-bond acceptors (Lipinski definition) is 6. The summed E-state index contributed by atoms with van der Waals surface area (Å²) in [6.45, 7) is 2.43. The number of esters is 1. The molecule has 8 nitrogen and oxygen atoms in total. The molecule has 0 saturated heterocycles. The average Bonchev–Trinajstić information content (AvgIpc) is 3.41. The van der Waals surface area contributed by atoms with Crippen molar-refractivity contribution in [1.29, 1.82) is 0 Å². The van der Waals surface area contributed by atoms with Crippen molar-refractivity contribution in [2.45, 2.75) is 57.5 Å². The van der Waals surface area contributed by atoms with Crippen LogP contribution < -0.4 is 11.1 Å². The van der Waals surface area contributed by atoms with E-state index in [0.717, 1.165) is 31.2 Å². The van der Waals surface area contributed by atoms with E-state index in [-0.39, 0.29) is 17.9 Å². The summed E-state index contributed by atoms with van der Waals surface area (Å²) in [6, 6.07) is 10.3. The van der Waals surface area contributed by atoms with Crippen LogP contribution in [0, 0.1) is 5.82 Å². The molecular weight excluding hydrogens is 485 g/mol. The number of halogens is 2. The van der Waals surface area contributed by atoms with Gasteiger partial charge in [0.25, 0.3) is 5.91 Å². The Morgan fingerprint density at radius 2 is 1.94 bits per heavy atom. The van der Waals surface area contributed by atoms with E-state index in [1.54, 1.807) is 18.2 Å². The molecule has 0 aliphatic rings. The van der Waals surface area contributed by atoms with E-state index in [0.29, 0.717) is 29.2 Å². The second kappa shape index (κ2) is 13.7. The Kier molecular flexibility index (Phi) is 10.4. The van der Waals surface area contributed by atoms with Gasteiger partial charge < -0.3 is 15.8 Å². The first-order valence-corrected chi connectivity index (χ1v) is 12.4. The van der Waals surface area contributed by atoms with Crippen molar-refractivity contribution in [1.82, 2.24) is 20.7 Å². The maximum Gasteiger partial charge on any atom is 0.322 e. The van der Waals surface area contributed by atoms with Gasteiger partial charge in [0.1, 0.15) is 17.6 Å². The Hall–Kier alpha value is -3.30. The monoisotopic (exact) mass is 515 g/mol. The highest BCUT2D eigenvalue weighted by Crippen LogP contribution is 2.26. The molecule has 0 aliphatic carbocycles. The molecule has 0 saturated carbocycles. The van der Waals surface area contributed by atoms with Gasteiger partial charge in [0.15, 0.2) is 0 Å². The number of nitrogens with one attached hydrogen (secondary N) is 2. The fourth-order valence-electron chi connectivity index (χ4n) is 3.80. The van der Waals surface area contributed by atoms with E-state index in [9.17, 15) is 14.0 Å². The maximum absolute atomic E-state index is 14.2. The lowest BCUT2D eigenvalue weighted by Gasteiger charge is -2.22. The van der Waals surface area contributed by atoms with E-state index < -0.39 is 24.0 Å². The van der Waals surface area contributed by atoms with Crippen molar-refractivity contribution < 1.29 is 18.7 Å². The average molecular weight is 516 g/mol. The van der Waals surface area contributed by atoms with Crippen molar-refractivity contribution in [3.05, 3.63) is 70.8 Å². The molecule has 4 N–H and O–H groups in total. The summed E-state index contributed by atoms with van der Waals surface area (Å²) in [5.41, 5.74) is 8.26. The van der Waals surface area contributed by atoms with Gasteiger partial charge in [-0.15, -0.1) is 5.10 Å². The first-order chi connectivity index (χ1) is 17.4. The molecule has 0 unspecified atom stereocenters. The predicted molar refractivity (Wildman–Crippen MR) is 136 cm³/mol. The second-order valence-electron chi connectivity index (χ2n) is 8.64. The molecule has 3 aromatic rings. The highest BCUT2D eigenvalue weighted by molar-refractivity contribution is 6.30. The van der Waals surface area contributed by atoms with Gasteiger partial charge in [-0.25, -0.2) is 4.39 Å². The zero-order valence-electron chi connectivity index (χ0n) is 20.2. The summed E-state index contributed by atoms with van der Waals surface area (Å²) >= 11 is 6.02. The van der Waals surface area contributed by atoms with Crippen LogP contribution in [0.1, 0.15) is 55.1 Å². The van der Waals surface area contributed by atoms with Crippen molar-refractivity contribution in [2.75, 3.05) is 6.61 Å². The van der Waals surface area contributed by atoms with E-state index in [2.05, 4.69) is 27.7 Å². The topological polar surface area (TPSA) is 123 Å². The van der Waals surface area contributed by atoms with Gasteiger partial charge in [0.2, 0.25) is 0 Å². The van der Waals surface area contributed by atoms with Gasteiger partial charge in [0, 0.05) is 16.6 Å². The zero-order valence-corrected chi connectivity index (χ0v) is 20.9. The number of unbranched alkanes of at least 4 members (excludes halogenated alkanes) is 3. The van der Waals surface area contributed by atoms with Crippen LogP contribution in [-0.4, -0.2) is 46.0 Å². The van der Waals surface area contributed by atoms with Crippen molar-refractivity contribution in [3.63, 3.8) is 0 Å². The first kappa shape index (κ1) is 27.3. The number of carbonyl (C=O) groups is 2. The van der Waals surface area contributed by atoms with Gasteiger partial charge in [0.05, 0.1) is 12.8 Å². The number of H-pyrrole nitrogens is 1. The minimum atomic E-state index is -0.902. The van der Waals surface area contributed by atoms with Crippen LogP contribution in [0.25, 0.3) is 11.1 Å². The normalized spacial score (nSPS) is 12.7. The lowest BCUT2D eigenvalue weighted by atomic mass is 9.97. The molecule has 2 atom stereocenters. The van der Waals surface area contributed by atoms with Crippen LogP contribution in [0.15, 0.2) is 48.7 Å². The third kappa shape index (κ3) is 8.13. The molecule has 1 amide bonds. The van der Waals surface area contributed by atoms with Crippen LogP contribution in [0.4, 0.5) is 4.39 Å². The lowest BCUT2D eigenvalue weighted by molar-refractivity contribution is -0.145. The minimum absolute atomic E-state index is 0.172. The van der Waals surface area contributed by atoms with Crippen LogP contribution in [0.3, 0.4) is 0 Å². The Morgan fingerprint density at radius 3 is 2.64 bits per heavy atom. The molecular formula is C26H31ClFN5O3. The number of nitrogens with two attached hydrogens (primary N) is 1. The number of amides is 1. The fourth-order valence-corrected chi connectivity index (χ4v) is 3.97.